The first-order chi connectivity index (χ1) is 9.94. The highest BCUT2D eigenvalue weighted by Crippen LogP contribution is 2.41. The average Bonchev–Trinajstić information content (AvgIpc) is 2.42. The van der Waals surface area contributed by atoms with E-state index in [0.29, 0.717) is 5.25 Å². The van der Waals surface area contributed by atoms with Crippen molar-refractivity contribution in [3.8, 4) is 5.75 Å². The topological polar surface area (TPSA) is 21.3 Å². The van der Waals surface area contributed by atoms with Gasteiger partial charge in [-0.1, -0.05) is 19.9 Å². The highest BCUT2D eigenvalue weighted by atomic mass is 32.2. The van der Waals surface area contributed by atoms with E-state index in [1.165, 1.54) is 6.07 Å². The molecule has 2 unspecified atom stereocenters. The standard InChI is InChI=1S/C15H20F3NOS/c1-3-7-19-14-12-8-11(20-15(16,17)18)6-5-10(12)9-21-13(14)4-2/h5-6,8,13-14,19H,3-4,7,9H2,1-2H3. The lowest BCUT2D eigenvalue weighted by molar-refractivity contribution is -0.274. The molecule has 0 spiro atoms. The van der Waals surface area contributed by atoms with Crippen molar-refractivity contribution >= 4 is 11.8 Å². The molecule has 0 aliphatic carbocycles. The van der Waals surface area contributed by atoms with Gasteiger partial charge in [0.05, 0.1) is 0 Å². The summed E-state index contributed by atoms with van der Waals surface area (Å²) in [5, 5.41) is 3.84. The van der Waals surface area contributed by atoms with Crippen molar-refractivity contribution in [2.45, 2.75) is 50.1 Å². The number of rotatable bonds is 5. The Balaban J connectivity index is 2.28. The Bertz CT molecular complexity index is 478. The lowest BCUT2D eigenvalue weighted by atomic mass is 9.96. The molecule has 0 bridgehead atoms. The Kier molecular flexibility index (Phi) is 5.43. The quantitative estimate of drug-likeness (QED) is 0.853. The van der Waals surface area contributed by atoms with Gasteiger partial charge in [-0.05, 0) is 42.6 Å². The summed E-state index contributed by atoms with van der Waals surface area (Å²) in [4.78, 5) is 0. The molecule has 1 aromatic carbocycles. The van der Waals surface area contributed by atoms with Crippen LogP contribution in [0.2, 0.25) is 0 Å². The molecule has 1 N–H and O–H groups in total. The molecule has 1 aromatic rings. The maximum absolute atomic E-state index is 12.4. The Morgan fingerprint density at radius 2 is 2.10 bits per heavy atom. The van der Waals surface area contributed by atoms with E-state index in [-0.39, 0.29) is 11.8 Å². The van der Waals surface area contributed by atoms with Crippen molar-refractivity contribution in [1.82, 2.24) is 5.32 Å². The normalized spacial score (nSPS) is 22.0. The van der Waals surface area contributed by atoms with E-state index in [1.54, 1.807) is 12.1 Å². The van der Waals surface area contributed by atoms with Crippen LogP contribution in [0.4, 0.5) is 13.2 Å². The Labute approximate surface area is 127 Å². The second-order valence-corrected chi connectivity index (χ2v) is 6.33. The Morgan fingerprint density at radius 3 is 2.71 bits per heavy atom. The predicted octanol–water partition coefficient (Wildman–Crippen LogP) is 4.65. The van der Waals surface area contributed by atoms with Gasteiger partial charge >= 0.3 is 6.36 Å². The number of hydrogen-bond donors (Lipinski definition) is 1. The molecule has 0 saturated heterocycles. The highest BCUT2D eigenvalue weighted by Gasteiger charge is 2.33. The maximum Gasteiger partial charge on any atom is 0.573 e. The fourth-order valence-electron chi connectivity index (χ4n) is 2.58. The minimum Gasteiger partial charge on any atom is -0.406 e. The fraction of sp³-hybridized carbons (Fsp3) is 0.600. The lowest BCUT2D eigenvalue weighted by Crippen LogP contribution is -2.33. The summed E-state index contributed by atoms with van der Waals surface area (Å²) in [6.07, 6.45) is -2.67. The summed E-state index contributed by atoms with van der Waals surface area (Å²) in [5.74, 6) is 0.705. The number of hydrogen-bond acceptors (Lipinski definition) is 3. The van der Waals surface area contributed by atoms with Crippen molar-refractivity contribution in [3.63, 3.8) is 0 Å². The third-order valence-electron chi connectivity index (χ3n) is 3.53. The average molecular weight is 319 g/mol. The van der Waals surface area contributed by atoms with Gasteiger partial charge in [-0.3, -0.25) is 0 Å². The Hall–Kier alpha value is -0.880. The molecule has 21 heavy (non-hydrogen) atoms. The summed E-state index contributed by atoms with van der Waals surface area (Å²) < 4.78 is 41.2. The number of halogens is 3. The largest absolute Gasteiger partial charge is 0.573 e. The molecule has 2 rings (SSSR count). The first-order valence-electron chi connectivity index (χ1n) is 7.18. The van der Waals surface area contributed by atoms with Crippen molar-refractivity contribution in [3.05, 3.63) is 29.3 Å². The zero-order valence-corrected chi connectivity index (χ0v) is 13.0. The molecule has 1 aliphatic rings. The van der Waals surface area contributed by atoms with E-state index in [1.807, 2.05) is 11.8 Å². The van der Waals surface area contributed by atoms with Gasteiger partial charge in [-0.25, -0.2) is 0 Å². The van der Waals surface area contributed by atoms with Crippen LogP contribution >= 0.6 is 11.8 Å². The van der Waals surface area contributed by atoms with Gasteiger partial charge in [0.15, 0.2) is 0 Å². The number of thioether (sulfide) groups is 1. The lowest BCUT2D eigenvalue weighted by Gasteiger charge is -2.33. The van der Waals surface area contributed by atoms with Gasteiger partial charge in [0.2, 0.25) is 0 Å². The van der Waals surface area contributed by atoms with Gasteiger partial charge in [-0.2, -0.15) is 11.8 Å². The smallest absolute Gasteiger partial charge is 0.406 e. The molecule has 2 atom stereocenters. The number of nitrogens with one attached hydrogen (secondary N) is 1. The first-order valence-corrected chi connectivity index (χ1v) is 8.23. The van der Waals surface area contributed by atoms with Gasteiger partial charge in [-0.15, -0.1) is 13.2 Å². The summed E-state index contributed by atoms with van der Waals surface area (Å²) in [6, 6.07) is 4.77. The first kappa shape index (κ1) is 16.5. The van der Waals surface area contributed by atoms with Crippen molar-refractivity contribution in [2.24, 2.45) is 0 Å². The second-order valence-electron chi connectivity index (χ2n) is 5.10. The molecule has 2 nitrogen and oxygen atoms in total. The van der Waals surface area contributed by atoms with Crippen molar-refractivity contribution in [1.29, 1.82) is 0 Å². The van der Waals surface area contributed by atoms with Crippen LogP contribution in [-0.2, 0) is 5.75 Å². The third kappa shape index (κ3) is 4.30. The molecule has 0 radical (unpaired) electrons. The van der Waals surface area contributed by atoms with Gasteiger partial charge < -0.3 is 10.1 Å². The van der Waals surface area contributed by atoms with Crippen LogP contribution in [0.1, 0.15) is 43.9 Å². The van der Waals surface area contributed by atoms with Crippen molar-refractivity contribution < 1.29 is 17.9 Å². The van der Waals surface area contributed by atoms with E-state index in [0.717, 1.165) is 36.3 Å². The summed E-state index contributed by atoms with van der Waals surface area (Å²) in [5.41, 5.74) is 2.03. The van der Waals surface area contributed by atoms with Crippen molar-refractivity contribution in [2.75, 3.05) is 6.54 Å². The molecule has 0 saturated carbocycles. The van der Waals surface area contributed by atoms with E-state index in [4.69, 9.17) is 0 Å². The number of benzene rings is 1. The molecule has 0 amide bonds. The van der Waals surface area contributed by atoms with Gasteiger partial charge in [0.25, 0.3) is 0 Å². The van der Waals surface area contributed by atoms with Crippen LogP contribution in [0.5, 0.6) is 5.75 Å². The minimum atomic E-state index is -4.64. The van der Waals surface area contributed by atoms with Gasteiger partial charge in [0.1, 0.15) is 5.75 Å². The van der Waals surface area contributed by atoms with Crippen LogP contribution < -0.4 is 10.1 Å². The number of ether oxygens (including phenoxy) is 1. The van der Waals surface area contributed by atoms with Crippen LogP contribution in [-0.4, -0.2) is 18.2 Å². The summed E-state index contributed by atoms with van der Waals surface area (Å²) >= 11 is 1.86. The van der Waals surface area contributed by atoms with Crippen LogP contribution in [0, 0.1) is 0 Å². The summed E-state index contributed by atoms with van der Waals surface area (Å²) in [6.45, 7) is 5.04. The van der Waals surface area contributed by atoms with E-state index < -0.39 is 6.36 Å². The van der Waals surface area contributed by atoms with Crippen LogP contribution in [0.3, 0.4) is 0 Å². The van der Waals surface area contributed by atoms with Crippen LogP contribution in [0.25, 0.3) is 0 Å². The SMILES string of the molecule is CCCNC1c2cc(OC(F)(F)F)ccc2CSC1CC. The number of fused-ring (bicyclic) bond motifs is 1. The zero-order valence-electron chi connectivity index (χ0n) is 12.2. The zero-order chi connectivity index (χ0) is 15.5. The Morgan fingerprint density at radius 1 is 1.33 bits per heavy atom. The molecule has 1 aliphatic heterocycles. The molecule has 6 heteroatoms. The molecule has 118 valence electrons. The fourth-order valence-corrected chi connectivity index (χ4v) is 3.91. The summed E-state index contributed by atoms with van der Waals surface area (Å²) in [7, 11) is 0. The van der Waals surface area contributed by atoms with E-state index in [9.17, 15) is 13.2 Å². The van der Waals surface area contributed by atoms with E-state index in [2.05, 4.69) is 23.9 Å². The van der Waals surface area contributed by atoms with Crippen LogP contribution in [0.15, 0.2) is 18.2 Å². The van der Waals surface area contributed by atoms with Gasteiger partial charge in [0, 0.05) is 17.0 Å². The third-order valence-corrected chi connectivity index (χ3v) is 5.04. The predicted molar refractivity (Wildman–Crippen MR) is 79.5 cm³/mol. The maximum atomic E-state index is 12.4. The molecule has 1 heterocycles. The highest BCUT2D eigenvalue weighted by molar-refractivity contribution is 7.99. The van der Waals surface area contributed by atoms with E-state index >= 15 is 0 Å². The molecule has 0 fully saturated rings. The minimum absolute atomic E-state index is 0.0838. The monoisotopic (exact) mass is 319 g/mol. The second kappa shape index (κ2) is 6.92. The molecular weight excluding hydrogens is 299 g/mol. The molecular formula is C15H20F3NOS. The number of alkyl halides is 3. The molecule has 0 aromatic heterocycles.